The van der Waals surface area contributed by atoms with Crippen molar-refractivity contribution >= 4 is 50.4 Å². The number of nitrogens with zero attached hydrogens (tertiary/aromatic N) is 3. The highest BCUT2D eigenvalue weighted by atomic mass is 35.5. The number of aryl methyl sites for hydroxylation is 1. The van der Waals surface area contributed by atoms with Gasteiger partial charge in [-0.15, -0.1) is 0 Å². The Hall–Kier alpha value is -3.16. The van der Waals surface area contributed by atoms with E-state index in [1.54, 1.807) is 6.92 Å². The Balaban J connectivity index is 1.82. The first-order valence-electron chi connectivity index (χ1n) is 12.1. The largest absolute Gasteiger partial charge is 0.435 e. The van der Waals surface area contributed by atoms with Gasteiger partial charge in [-0.3, -0.25) is 18.6 Å². The van der Waals surface area contributed by atoms with Crippen LogP contribution in [0.4, 0.5) is 18.9 Å². The molecule has 3 rings (SSSR count). The summed E-state index contributed by atoms with van der Waals surface area (Å²) in [6.45, 7) is 1.89. The summed E-state index contributed by atoms with van der Waals surface area (Å²) in [4.78, 5) is 30.3. The molecule has 3 N–H and O–H groups in total. The number of amides is 2. The lowest BCUT2D eigenvalue weighted by Gasteiger charge is -2.15. The molecule has 1 atom stereocenters. The number of halogens is 5. The van der Waals surface area contributed by atoms with Crippen molar-refractivity contribution in [3.63, 3.8) is 0 Å². The van der Waals surface area contributed by atoms with Gasteiger partial charge in [0.1, 0.15) is 5.69 Å². The Kier molecular flexibility index (Phi) is 10.2. The molecule has 15 heteroatoms. The molecule has 216 valence electrons. The number of hydrogen-bond donors (Lipinski definition) is 3. The van der Waals surface area contributed by atoms with Crippen LogP contribution in [0.25, 0.3) is 5.82 Å². The van der Waals surface area contributed by atoms with Crippen molar-refractivity contribution in [2.24, 2.45) is 0 Å². The van der Waals surface area contributed by atoms with Gasteiger partial charge in [0.15, 0.2) is 11.5 Å². The van der Waals surface area contributed by atoms with Crippen LogP contribution in [0.1, 0.15) is 57.8 Å². The predicted octanol–water partition coefficient (Wildman–Crippen LogP) is 6.12. The molecule has 0 aliphatic carbocycles. The van der Waals surface area contributed by atoms with E-state index >= 15 is 0 Å². The Morgan fingerprint density at radius 3 is 2.45 bits per heavy atom. The molecule has 2 amide bonds. The molecule has 40 heavy (non-hydrogen) atoms. The first-order chi connectivity index (χ1) is 18.7. The molecule has 0 saturated carbocycles. The maximum Gasteiger partial charge on any atom is 0.435 e. The van der Waals surface area contributed by atoms with Crippen LogP contribution in [-0.4, -0.2) is 49.3 Å². The van der Waals surface area contributed by atoms with Crippen LogP contribution in [0.5, 0.6) is 0 Å². The van der Waals surface area contributed by atoms with Crippen LogP contribution in [0.3, 0.4) is 0 Å². The number of nitrogens with one attached hydrogen (secondary N) is 3. The standard InChI is InChI=1S/C25H27Cl2F3N6O3S/c1-15-12-16(26)13-17(23(37)33-9-5-3-4-6-11-40(2,31)39)21(15)34-24(38)19-14-20(25(28,29)30)35-36(19)22-18(27)8-7-10-32-22/h7-8,10,12-14,31H,3-6,9,11H2,1-2H3,(H,33,37)(H,34,38). The second-order valence-corrected chi connectivity index (χ2v) is 12.4. The average Bonchev–Trinajstić information content (AvgIpc) is 3.30. The zero-order valence-electron chi connectivity index (χ0n) is 21.6. The zero-order valence-corrected chi connectivity index (χ0v) is 23.9. The molecule has 3 aromatic rings. The van der Waals surface area contributed by atoms with Crippen LogP contribution in [0, 0.1) is 11.7 Å². The number of aromatic nitrogens is 3. The molecule has 1 unspecified atom stereocenters. The molecule has 2 heterocycles. The first kappa shape index (κ1) is 31.4. The van der Waals surface area contributed by atoms with Gasteiger partial charge in [-0.25, -0.2) is 9.67 Å². The van der Waals surface area contributed by atoms with Gasteiger partial charge in [0, 0.05) is 45.6 Å². The van der Waals surface area contributed by atoms with E-state index in [9.17, 15) is 27.0 Å². The normalized spacial score (nSPS) is 13.1. The van der Waals surface area contributed by atoms with E-state index in [4.69, 9.17) is 28.0 Å². The molecule has 2 aromatic heterocycles. The van der Waals surface area contributed by atoms with Crippen molar-refractivity contribution in [1.82, 2.24) is 20.1 Å². The fourth-order valence-electron chi connectivity index (χ4n) is 3.79. The number of alkyl halides is 3. The van der Waals surface area contributed by atoms with Gasteiger partial charge in [-0.1, -0.05) is 36.0 Å². The SMILES string of the molecule is Cc1cc(Cl)cc(C(=O)NCCCCCCS(C)(=N)=O)c1NC(=O)c1cc(C(F)(F)F)nn1-c1ncccc1Cl. The molecular weight excluding hydrogens is 592 g/mol. The van der Waals surface area contributed by atoms with E-state index in [1.807, 2.05) is 0 Å². The highest BCUT2D eigenvalue weighted by Gasteiger charge is 2.37. The zero-order chi connectivity index (χ0) is 29.7. The highest BCUT2D eigenvalue weighted by molar-refractivity contribution is 7.91. The van der Waals surface area contributed by atoms with Crippen LogP contribution in [0.2, 0.25) is 10.0 Å². The summed E-state index contributed by atoms with van der Waals surface area (Å²) >= 11 is 12.3. The van der Waals surface area contributed by atoms with Crippen molar-refractivity contribution in [3.8, 4) is 5.82 Å². The molecule has 0 aliphatic rings. The van der Waals surface area contributed by atoms with Gasteiger partial charge in [0.05, 0.1) is 16.3 Å². The van der Waals surface area contributed by atoms with Crippen LogP contribution in [0.15, 0.2) is 36.5 Å². The summed E-state index contributed by atoms with van der Waals surface area (Å²) in [5.41, 5.74) is -1.33. The van der Waals surface area contributed by atoms with Crippen molar-refractivity contribution < 1.29 is 27.0 Å². The lowest BCUT2D eigenvalue weighted by Crippen LogP contribution is -2.27. The van der Waals surface area contributed by atoms with E-state index in [0.717, 1.165) is 12.8 Å². The van der Waals surface area contributed by atoms with E-state index in [-0.39, 0.29) is 27.1 Å². The number of anilines is 1. The maximum atomic E-state index is 13.5. The van der Waals surface area contributed by atoms with Gasteiger partial charge < -0.3 is 10.6 Å². The third kappa shape index (κ3) is 8.42. The smallest absolute Gasteiger partial charge is 0.352 e. The lowest BCUT2D eigenvalue weighted by molar-refractivity contribution is -0.141. The minimum atomic E-state index is -4.85. The summed E-state index contributed by atoms with van der Waals surface area (Å²) < 4.78 is 60.0. The maximum absolute atomic E-state index is 13.5. The quantitative estimate of drug-likeness (QED) is 0.223. The number of pyridine rings is 1. The van der Waals surface area contributed by atoms with E-state index in [0.29, 0.717) is 41.5 Å². The molecule has 0 saturated heterocycles. The molecule has 1 aromatic carbocycles. The molecule has 0 fully saturated rings. The fourth-order valence-corrected chi connectivity index (χ4v) is 5.02. The highest BCUT2D eigenvalue weighted by Crippen LogP contribution is 2.32. The van der Waals surface area contributed by atoms with Gasteiger partial charge >= 0.3 is 6.18 Å². The predicted molar refractivity (Wildman–Crippen MR) is 148 cm³/mol. The van der Waals surface area contributed by atoms with Gasteiger partial charge in [-0.2, -0.15) is 18.3 Å². The molecule has 9 nitrogen and oxygen atoms in total. The summed E-state index contributed by atoms with van der Waals surface area (Å²) in [6.07, 6.45) is 0.613. The third-order valence-electron chi connectivity index (χ3n) is 5.70. The minimum Gasteiger partial charge on any atom is -0.352 e. The molecule has 0 bridgehead atoms. The number of carbonyl (C=O) groups excluding carboxylic acids is 2. The van der Waals surface area contributed by atoms with E-state index in [1.165, 1.54) is 36.7 Å². The Labute approximate surface area is 239 Å². The Morgan fingerprint density at radius 2 is 1.80 bits per heavy atom. The van der Waals surface area contributed by atoms with Gasteiger partial charge in [-0.05, 0) is 49.6 Å². The monoisotopic (exact) mass is 618 g/mol. The van der Waals surface area contributed by atoms with Crippen LogP contribution >= 0.6 is 23.2 Å². The average molecular weight is 619 g/mol. The molecule has 0 spiro atoms. The minimum absolute atomic E-state index is 0.0243. The second kappa shape index (κ2) is 13.0. The van der Waals surface area contributed by atoms with Crippen molar-refractivity contribution in [2.45, 2.75) is 38.8 Å². The number of rotatable bonds is 11. The van der Waals surface area contributed by atoms with E-state index in [2.05, 4.69) is 20.7 Å². The number of unbranched alkanes of at least 4 members (excludes halogenated alkanes) is 3. The number of benzene rings is 1. The lowest BCUT2D eigenvalue weighted by atomic mass is 10.1. The summed E-state index contributed by atoms with van der Waals surface area (Å²) in [6, 6.07) is 6.29. The van der Waals surface area contributed by atoms with Crippen LogP contribution in [-0.2, 0) is 15.9 Å². The molecule has 0 radical (unpaired) electrons. The van der Waals surface area contributed by atoms with E-state index < -0.39 is 39.1 Å². The summed E-state index contributed by atoms with van der Waals surface area (Å²) in [5, 5.41) is 8.98. The first-order valence-corrected chi connectivity index (χ1v) is 15.0. The number of hydrogen-bond acceptors (Lipinski definition) is 6. The summed E-state index contributed by atoms with van der Waals surface area (Å²) in [5.74, 6) is -1.38. The van der Waals surface area contributed by atoms with Crippen molar-refractivity contribution in [2.75, 3.05) is 23.9 Å². The van der Waals surface area contributed by atoms with Crippen LogP contribution < -0.4 is 10.6 Å². The summed E-state index contributed by atoms with van der Waals surface area (Å²) in [7, 11) is -2.52. The Morgan fingerprint density at radius 1 is 1.10 bits per heavy atom. The van der Waals surface area contributed by atoms with Crippen molar-refractivity contribution in [3.05, 3.63) is 69.1 Å². The third-order valence-corrected chi connectivity index (χ3v) is 7.28. The Bertz CT molecular complexity index is 1510. The number of carbonyl (C=O) groups is 2. The van der Waals surface area contributed by atoms with Gasteiger partial charge in [0.2, 0.25) is 0 Å². The van der Waals surface area contributed by atoms with Crippen molar-refractivity contribution in [1.29, 1.82) is 4.78 Å². The van der Waals surface area contributed by atoms with Gasteiger partial charge in [0.25, 0.3) is 11.8 Å². The second-order valence-electron chi connectivity index (χ2n) is 9.11. The molecule has 0 aliphatic heterocycles. The fraction of sp³-hybridized carbons (Fsp3) is 0.360. The topological polar surface area (TPSA) is 130 Å². The molecular formula is C25H27Cl2F3N6O3S.